The van der Waals surface area contributed by atoms with E-state index in [4.69, 9.17) is 16.3 Å². The molecule has 44 heavy (non-hydrogen) atoms. The largest absolute Gasteiger partial charge is 0.497 e. The number of nitrogens with zero attached hydrogens (tertiary/aromatic N) is 2. The molecule has 4 rings (SSSR count). The van der Waals surface area contributed by atoms with Gasteiger partial charge in [0.15, 0.2) is 0 Å². The van der Waals surface area contributed by atoms with Crippen molar-refractivity contribution in [3.8, 4) is 5.75 Å². The summed E-state index contributed by atoms with van der Waals surface area (Å²) in [6.07, 6.45) is 0. The first kappa shape index (κ1) is 32.3. The fourth-order valence-corrected chi connectivity index (χ4v) is 6.85. The predicted molar refractivity (Wildman–Crippen MR) is 167 cm³/mol. The molecule has 0 aliphatic rings. The number of hydrogen-bond acceptors (Lipinski definition) is 8. The van der Waals surface area contributed by atoms with E-state index in [2.05, 4.69) is 10.0 Å². The Balaban J connectivity index is 1.58. The summed E-state index contributed by atoms with van der Waals surface area (Å²) in [6.45, 7) is 2.45. The van der Waals surface area contributed by atoms with Gasteiger partial charge in [-0.25, -0.2) is 16.8 Å². The third-order valence-corrected chi connectivity index (χ3v) is 10.1. The minimum Gasteiger partial charge on any atom is -0.497 e. The quantitative estimate of drug-likeness (QED) is 0.157. The highest BCUT2D eigenvalue weighted by Crippen LogP contribution is 2.30. The van der Waals surface area contributed by atoms with Crippen molar-refractivity contribution in [2.45, 2.75) is 23.6 Å². The number of anilines is 3. The molecule has 4 aromatic rings. The van der Waals surface area contributed by atoms with Gasteiger partial charge in [0.25, 0.3) is 25.7 Å². The van der Waals surface area contributed by atoms with Crippen LogP contribution in [0.25, 0.3) is 0 Å². The van der Waals surface area contributed by atoms with Crippen molar-refractivity contribution in [1.82, 2.24) is 0 Å². The first-order valence-electron chi connectivity index (χ1n) is 12.8. The molecule has 0 unspecified atom stereocenters. The Bertz CT molecular complexity index is 1930. The molecule has 0 fully saturated rings. The zero-order valence-electron chi connectivity index (χ0n) is 23.6. The highest BCUT2D eigenvalue weighted by molar-refractivity contribution is 7.93. The number of sulfonamides is 2. The maximum absolute atomic E-state index is 13.7. The lowest BCUT2D eigenvalue weighted by molar-refractivity contribution is -0.385. The average Bonchev–Trinajstić information content (AvgIpc) is 2.98. The number of amides is 1. The summed E-state index contributed by atoms with van der Waals surface area (Å²) in [4.78, 5) is 23.4. The Hall–Kier alpha value is -4.66. The third kappa shape index (κ3) is 7.10. The molecular weight excluding hydrogens is 632 g/mol. The number of carbonyl (C=O) groups excluding carboxylic acids is 1. The molecular formula is C29H27ClN4O8S2. The number of methoxy groups -OCH3 is 1. The van der Waals surface area contributed by atoms with Crippen molar-refractivity contribution >= 4 is 60.3 Å². The minimum atomic E-state index is -4.47. The molecule has 0 aliphatic heterocycles. The van der Waals surface area contributed by atoms with Crippen LogP contribution in [-0.4, -0.2) is 41.3 Å². The van der Waals surface area contributed by atoms with Crippen LogP contribution in [0.4, 0.5) is 22.7 Å². The summed E-state index contributed by atoms with van der Waals surface area (Å²) in [6, 6.07) is 19.4. The summed E-state index contributed by atoms with van der Waals surface area (Å²) in [5, 5.41) is 14.4. The normalized spacial score (nSPS) is 11.5. The standard InChI is InChI=1S/C29H27ClN4O8S2/c1-19-7-14-25(17-28(19)34(36)37)44(40,41)33(22-10-12-23(42-3)13-11-22)18-29(35)31-21-8-15-24(16-9-21)43(38,39)32-27-6-4-5-26(30)20(27)2/h4-17,32H,18H2,1-3H3,(H,31,35). The van der Waals surface area contributed by atoms with Crippen LogP contribution in [0.2, 0.25) is 5.02 Å². The zero-order chi connectivity index (χ0) is 32.2. The van der Waals surface area contributed by atoms with Crippen molar-refractivity contribution in [2.24, 2.45) is 0 Å². The number of rotatable bonds is 11. The van der Waals surface area contributed by atoms with Gasteiger partial charge in [0.1, 0.15) is 12.3 Å². The smallest absolute Gasteiger partial charge is 0.273 e. The Morgan fingerprint density at radius 3 is 2.18 bits per heavy atom. The summed E-state index contributed by atoms with van der Waals surface area (Å²) < 4.78 is 61.7. The number of halogens is 1. The number of ether oxygens (including phenoxy) is 1. The van der Waals surface area contributed by atoms with E-state index in [0.717, 1.165) is 10.4 Å². The molecule has 0 spiro atoms. The molecule has 15 heteroatoms. The van der Waals surface area contributed by atoms with Crippen molar-refractivity contribution in [2.75, 3.05) is 28.0 Å². The van der Waals surface area contributed by atoms with E-state index < -0.39 is 37.4 Å². The van der Waals surface area contributed by atoms with E-state index in [1.165, 1.54) is 74.7 Å². The predicted octanol–water partition coefficient (Wildman–Crippen LogP) is 5.51. The second kappa shape index (κ2) is 12.9. The number of aryl methyl sites for hydroxylation is 1. The first-order valence-corrected chi connectivity index (χ1v) is 16.1. The first-order chi connectivity index (χ1) is 20.7. The van der Waals surface area contributed by atoms with Gasteiger partial charge in [0, 0.05) is 22.3 Å². The maximum atomic E-state index is 13.7. The fourth-order valence-electron chi connectivity index (χ4n) is 4.11. The van der Waals surface area contributed by atoms with Crippen LogP contribution in [0.3, 0.4) is 0 Å². The van der Waals surface area contributed by atoms with Crippen molar-refractivity contribution < 1.29 is 31.3 Å². The molecule has 0 saturated heterocycles. The van der Waals surface area contributed by atoms with E-state index in [0.29, 0.717) is 22.0 Å². The number of benzene rings is 4. The van der Waals surface area contributed by atoms with Crippen LogP contribution < -0.4 is 19.1 Å². The number of nitro groups is 1. The second-order valence-electron chi connectivity index (χ2n) is 9.51. The van der Waals surface area contributed by atoms with Gasteiger partial charge in [-0.3, -0.25) is 23.9 Å². The maximum Gasteiger partial charge on any atom is 0.273 e. The summed E-state index contributed by atoms with van der Waals surface area (Å²) in [5.74, 6) is -0.314. The third-order valence-electron chi connectivity index (χ3n) is 6.57. The molecule has 0 heterocycles. The lowest BCUT2D eigenvalue weighted by atomic mass is 10.2. The molecule has 0 aromatic heterocycles. The molecule has 230 valence electrons. The number of carbonyl (C=O) groups is 1. The van der Waals surface area contributed by atoms with E-state index in [9.17, 15) is 31.7 Å². The fraction of sp³-hybridized carbons (Fsp3) is 0.138. The lowest BCUT2D eigenvalue weighted by Crippen LogP contribution is -2.38. The van der Waals surface area contributed by atoms with Crippen LogP contribution in [0, 0.1) is 24.0 Å². The van der Waals surface area contributed by atoms with Crippen LogP contribution in [0.5, 0.6) is 5.75 Å². The Morgan fingerprint density at radius 1 is 0.932 bits per heavy atom. The topological polar surface area (TPSA) is 165 Å². The highest BCUT2D eigenvalue weighted by Gasteiger charge is 2.29. The Morgan fingerprint density at radius 2 is 1.57 bits per heavy atom. The van der Waals surface area contributed by atoms with Crippen molar-refractivity contribution in [1.29, 1.82) is 0 Å². The van der Waals surface area contributed by atoms with Gasteiger partial charge in [0.2, 0.25) is 5.91 Å². The number of nitrogens with one attached hydrogen (secondary N) is 2. The second-order valence-corrected chi connectivity index (χ2v) is 13.5. The van der Waals surface area contributed by atoms with Gasteiger partial charge >= 0.3 is 0 Å². The van der Waals surface area contributed by atoms with Gasteiger partial charge in [-0.05, 0) is 86.1 Å². The molecule has 0 bridgehead atoms. The molecule has 12 nitrogen and oxygen atoms in total. The zero-order valence-corrected chi connectivity index (χ0v) is 26.0. The molecule has 4 aromatic carbocycles. The molecule has 0 atom stereocenters. The van der Waals surface area contributed by atoms with Gasteiger partial charge in [-0.2, -0.15) is 0 Å². The molecule has 0 aliphatic carbocycles. The summed E-state index contributed by atoms with van der Waals surface area (Å²) >= 11 is 6.09. The van der Waals surface area contributed by atoms with Crippen LogP contribution in [0.1, 0.15) is 11.1 Å². The van der Waals surface area contributed by atoms with Crippen LogP contribution >= 0.6 is 11.6 Å². The summed E-state index contributed by atoms with van der Waals surface area (Å²) in [5.41, 5.74) is 1.05. The highest BCUT2D eigenvalue weighted by atomic mass is 35.5. The monoisotopic (exact) mass is 658 g/mol. The van der Waals surface area contributed by atoms with Crippen LogP contribution in [-0.2, 0) is 24.8 Å². The van der Waals surface area contributed by atoms with E-state index in [-0.39, 0.29) is 32.4 Å². The van der Waals surface area contributed by atoms with Crippen molar-refractivity contribution in [3.63, 3.8) is 0 Å². The van der Waals surface area contributed by atoms with Gasteiger partial charge in [-0.15, -0.1) is 0 Å². The van der Waals surface area contributed by atoms with Crippen molar-refractivity contribution in [3.05, 3.63) is 111 Å². The molecule has 2 N–H and O–H groups in total. The number of hydrogen-bond donors (Lipinski definition) is 2. The van der Waals surface area contributed by atoms with E-state index in [1.54, 1.807) is 25.1 Å². The minimum absolute atomic E-state index is 0.0849. The average molecular weight is 659 g/mol. The molecule has 0 radical (unpaired) electrons. The number of nitro benzene ring substituents is 1. The van der Waals surface area contributed by atoms with Gasteiger partial charge < -0.3 is 10.1 Å². The van der Waals surface area contributed by atoms with Crippen LogP contribution in [0.15, 0.2) is 94.7 Å². The molecule has 1 amide bonds. The SMILES string of the molecule is COc1ccc(N(CC(=O)Nc2ccc(S(=O)(=O)Nc3cccc(Cl)c3C)cc2)S(=O)(=O)c2ccc(C)c([N+](=O)[O-])c2)cc1. The lowest BCUT2D eigenvalue weighted by Gasteiger charge is -2.24. The summed E-state index contributed by atoms with van der Waals surface area (Å²) in [7, 11) is -7.02. The van der Waals surface area contributed by atoms with E-state index >= 15 is 0 Å². The Kier molecular flexibility index (Phi) is 9.47. The van der Waals surface area contributed by atoms with Gasteiger partial charge in [0.05, 0.1) is 33.2 Å². The molecule has 0 saturated carbocycles. The van der Waals surface area contributed by atoms with E-state index in [1.807, 2.05) is 0 Å². The Labute approximate surface area is 259 Å². The van der Waals surface area contributed by atoms with Gasteiger partial charge in [-0.1, -0.05) is 23.7 Å².